The fourth-order valence-corrected chi connectivity index (χ4v) is 4.09. The average Bonchev–Trinajstić information content (AvgIpc) is 2.99. The molecule has 1 saturated carbocycles. The first-order valence-corrected chi connectivity index (χ1v) is 10.2. The summed E-state index contributed by atoms with van der Waals surface area (Å²) in [5.74, 6) is 7.26. The van der Waals surface area contributed by atoms with Crippen LogP contribution in [-0.4, -0.2) is 26.0 Å². The second-order valence-corrected chi connectivity index (χ2v) is 8.47. The Morgan fingerprint density at radius 2 is 2.08 bits per heavy atom. The van der Waals surface area contributed by atoms with E-state index in [4.69, 9.17) is 17.4 Å². The number of anilines is 1. The van der Waals surface area contributed by atoms with E-state index in [1.54, 1.807) is 10.7 Å². The predicted octanol–water partition coefficient (Wildman–Crippen LogP) is 4.12. The molecule has 1 aliphatic carbocycles. The van der Waals surface area contributed by atoms with Gasteiger partial charge in [-0.25, -0.2) is 4.68 Å². The minimum Gasteiger partial charge on any atom is -0.336 e. The van der Waals surface area contributed by atoms with E-state index < -0.39 is 0 Å². The summed E-state index contributed by atoms with van der Waals surface area (Å²) in [4.78, 5) is 12.5. The van der Waals surface area contributed by atoms with E-state index in [0.29, 0.717) is 21.8 Å². The zero-order chi connectivity index (χ0) is 18.7. The van der Waals surface area contributed by atoms with E-state index in [0.717, 1.165) is 24.2 Å². The fourth-order valence-electron chi connectivity index (χ4n) is 3.13. The van der Waals surface area contributed by atoms with E-state index in [1.165, 1.54) is 31.0 Å². The van der Waals surface area contributed by atoms with Crippen molar-refractivity contribution < 1.29 is 4.79 Å². The van der Waals surface area contributed by atoms with Crippen molar-refractivity contribution in [1.29, 1.82) is 0 Å². The maximum Gasteiger partial charge on any atom is 0.237 e. The van der Waals surface area contributed by atoms with Crippen LogP contribution in [0.25, 0.3) is 0 Å². The van der Waals surface area contributed by atoms with Gasteiger partial charge in [-0.2, -0.15) is 0 Å². The molecular formula is C18H24ClN5OS. The first-order valence-electron chi connectivity index (χ1n) is 8.89. The Bertz CT molecular complexity index is 788. The minimum absolute atomic E-state index is 0.128. The molecule has 1 atom stereocenters. The third-order valence-electron chi connectivity index (χ3n) is 4.75. The van der Waals surface area contributed by atoms with Gasteiger partial charge in [0.05, 0.1) is 5.25 Å². The van der Waals surface area contributed by atoms with Crippen molar-refractivity contribution in [2.45, 2.75) is 62.3 Å². The zero-order valence-electron chi connectivity index (χ0n) is 15.0. The molecule has 2 aromatic rings. The topological polar surface area (TPSA) is 85.8 Å². The molecule has 0 spiro atoms. The predicted molar refractivity (Wildman–Crippen MR) is 106 cm³/mol. The molecular weight excluding hydrogens is 370 g/mol. The van der Waals surface area contributed by atoms with Gasteiger partial charge in [-0.05, 0) is 44.4 Å². The molecule has 26 heavy (non-hydrogen) atoms. The molecule has 1 heterocycles. The van der Waals surface area contributed by atoms with Gasteiger partial charge in [-0.3, -0.25) is 4.79 Å². The molecule has 0 saturated heterocycles. The van der Waals surface area contributed by atoms with Crippen molar-refractivity contribution in [3.63, 3.8) is 0 Å². The summed E-state index contributed by atoms with van der Waals surface area (Å²) in [6.07, 6.45) is 5.89. The first-order chi connectivity index (χ1) is 12.5. The van der Waals surface area contributed by atoms with Crippen molar-refractivity contribution in [1.82, 2.24) is 14.9 Å². The van der Waals surface area contributed by atoms with Gasteiger partial charge < -0.3 is 11.2 Å². The highest BCUT2D eigenvalue weighted by molar-refractivity contribution is 8.00. The number of nitrogens with two attached hydrogens (primary N) is 1. The maximum atomic E-state index is 12.5. The summed E-state index contributed by atoms with van der Waals surface area (Å²) in [6, 6.07) is 5.46. The van der Waals surface area contributed by atoms with Gasteiger partial charge in [0.25, 0.3) is 0 Å². The lowest BCUT2D eigenvalue weighted by Gasteiger charge is -2.20. The molecule has 3 rings (SSSR count). The molecule has 0 bridgehead atoms. The van der Waals surface area contributed by atoms with Gasteiger partial charge in [0.15, 0.2) is 5.82 Å². The monoisotopic (exact) mass is 393 g/mol. The molecule has 1 amide bonds. The Morgan fingerprint density at radius 3 is 2.77 bits per heavy atom. The van der Waals surface area contributed by atoms with Gasteiger partial charge >= 0.3 is 0 Å². The number of benzene rings is 1. The normalized spacial score (nSPS) is 16.4. The maximum absolute atomic E-state index is 12.5. The number of halogens is 1. The van der Waals surface area contributed by atoms with E-state index >= 15 is 0 Å². The highest BCUT2D eigenvalue weighted by atomic mass is 35.5. The van der Waals surface area contributed by atoms with E-state index in [9.17, 15) is 4.79 Å². The number of amides is 1. The molecule has 1 aromatic heterocycles. The van der Waals surface area contributed by atoms with Crippen LogP contribution in [0.1, 0.15) is 56.3 Å². The number of hydrogen-bond donors (Lipinski definition) is 2. The summed E-state index contributed by atoms with van der Waals surface area (Å²) >= 11 is 7.42. The van der Waals surface area contributed by atoms with E-state index in [2.05, 4.69) is 15.5 Å². The van der Waals surface area contributed by atoms with Crippen LogP contribution in [0.15, 0.2) is 23.4 Å². The second-order valence-electron chi connectivity index (χ2n) is 6.76. The Morgan fingerprint density at radius 1 is 1.35 bits per heavy atom. The first kappa shape index (κ1) is 19.0. The number of rotatable bonds is 5. The number of carbonyl (C=O) groups excluding carboxylic acids is 1. The number of nitrogens with one attached hydrogen (secondary N) is 1. The number of aryl methyl sites for hydroxylation is 1. The van der Waals surface area contributed by atoms with E-state index in [-0.39, 0.29) is 11.2 Å². The smallest absolute Gasteiger partial charge is 0.237 e. The molecule has 1 fully saturated rings. The number of nitrogens with zero attached hydrogens (tertiary/aromatic N) is 3. The summed E-state index contributed by atoms with van der Waals surface area (Å²) in [6.45, 7) is 3.75. The quantitative estimate of drug-likeness (QED) is 0.589. The molecule has 0 unspecified atom stereocenters. The Hall–Kier alpha value is -1.73. The van der Waals surface area contributed by atoms with Gasteiger partial charge in [0, 0.05) is 16.6 Å². The van der Waals surface area contributed by atoms with E-state index in [1.807, 2.05) is 26.0 Å². The van der Waals surface area contributed by atoms with Crippen LogP contribution in [-0.2, 0) is 4.79 Å². The van der Waals surface area contributed by atoms with Crippen molar-refractivity contribution in [3.8, 4) is 0 Å². The van der Waals surface area contributed by atoms with Crippen LogP contribution in [0.3, 0.4) is 0 Å². The average molecular weight is 394 g/mol. The summed E-state index contributed by atoms with van der Waals surface area (Å²) in [5, 5.41) is 12.2. The van der Waals surface area contributed by atoms with Crippen LogP contribution in [0.5, 0.6) is 0 Å². The highest BCUT2D eigenvalue weighted by Crippen LogP contribution is 2.33. The largest absolute Gasteiger partial charge is 0.336 e. The lowest BCUT2D eigenvalue weighted by Crippen LogP contribution is -2.24. The molecule has 1 aliphatic rings. The Kier molecular flexibility index (Phi) is 6.09. The van der Waals surface area contributed by atoms with Crippen LogP contribution < -0.4 is 11.2 Å². The molecule has 140 valence electrons. The summed E-state index contributed by atoms with van der Waals surface area (Å²) in [7, 11) is 0. The van der Waals surface area contributed by atoms with Crippen LogP contribution in [0, 0.1) is 6.92 Å². The number of thioether (sulfide) groups is 1. The van der Waals surface area contributed by atoms with Crippen molar-refractivity contribution in [3.05, 3.63) is 34.6 Å². The number of aromatic nitrogens is 3. The van der Waals surface area contributed by atoms with Crippen LogP contribution >= 0.6 is 23.4 Å². The van der Waals surface area contributed by atoms with Crippen molar-refractivity contribution >= 4 is 35.0 Å². The minimum atomic E-state index is -0.360. The summed E-state index contributed by atoms with van der Waals surface area (Å²) < 4.78 is 1.55. The SMILES string of the molecule is Cc1ccc(NC(=O)[C@H](C)Sc2nnc(C3CCCCC3)n2N)cc1Cl. The van der Waals surface area contributed by atoms with Gasteiger partial charge in [0.2, 0.25) is 11.1 Å². The molecule has 1 aromatic carbocycles. The third-order valence-corrected chi connectivity index (χ3v) is 6.22. The number of carbonyl (C=O) groups is 1. The zero-order valence-corrected chi connectivity index (χ0v) is 16.6. The molecule has 0 aliphatic heterocycles. The number of hydrogen-bond acceptors (Lipinski definition) is 5. The van der Waals surface area contributed by atoms with Crippen LogP contribution in [0.2, 0.25) is 5.02 Å². The van der Waals surface area contributed by atoms with Gasteiger partial charge in [0.1, 0.15) is 0 Å². The standard InChI is InChI=1S/C18H24ClN5OS/c1-11-8-9-14(10-15(11)19)21-17(25)12(2)26-18-23-22-16(24(18)20)13-6-4-3-5-7-13/h8-10,12-13H,3-7,20H2,1-2H3,(H,21,25)/t12-/m0/s1. The lowest BCUT2D eigenvalue weighted by atomic mass is 9.89. The molecule has 0 radical (unpaired) electrons. The molecule has 3 N–H and O–H groups in total. The lowest BCUT2D eigenvalue weighted by molar-refractivity contribution is -0.115. The van der Waals surface area contributed by atoms with Crippen LogP contribution in [0.4, 0.5) is 5.69 Å². The Labute approximate surface area is 162 Å². The molecule has 6 nitrogen and oxygen atoms in total. The van der Waals surface area contributed by atoms with Gasteiger partial charge in [-0.15, -0.1) is 10.2 Å². The number of nitrogen functional groups attached to an aromatic ring is 1. The highest BCUT2D eigenvalue weighted by Gasteiger charge is 2.24. The fraction of sp³-hybridized carbons (Fsp3) is 0.500. The summed E-state index contributed by atoms with van der Waals surface area (Å²) in [5.41, 5.74) is 1.65. The van der Waals surface area contributed by atoms with Gasteiger partial charge in [-0.1, -0.05) is 48.7 Å². The van der Waals surface area contributed by atoms with Crippen molar-refractivity contribution in [2.24, 2.45) is 0 Å². The molecule has 8 heteroatoms. The third kappa shape index (κ3) is 4.32. The Balaban J connectivity index is 1.63. The second kappa shape index (κ2) is 8.31. The van der Waals surface area contributed by atoms with Crippen molar-refractivity contribution in [2.75, 3.05) is 11.2 Å².